The summed E-state index contributed by atoms with van der Waals surface area (Å²) in [6.45, 7) is 0.502. The van der Waals surface area contributed by atoms with E-state index in [0.29, 0.717) is 6.61 Å². The highest BCUT2D eigenvalue weighted by Gasteiger charge is 2.07. The van der Waals surface area contributed by atoms with Crippen molar-refractivity contribution in [3.63, 3.8) is 0 Å². The summed E-state index contributed by atoms with van der Waals surface area (Å²) in [7, 11) is 0. The lowest BCUT2D eigenvalue weighted by Gasteiger charge is -2.06. The topological polar surface area (TPSA) is 26.3 Å². The molecule has 0 aliphatic carbocycles. The molecule has 0 saturated carbocycles. The van der Waals surface area contributed by atoms with E-state index in [9.17, 15) is 9.18 Å². The van der Waals surface area contributed by atoms with Crippen molar-refractivity contribution >= 4 is 11.9 Å². The minimum Gasteiger partial charge on any atom is -0.489 e. The predicted molar refractivity (Wildman–Crippen MR) is 97.0 cm³/mol. The van der Waals surface area contributed by atoms with Gasteiger partial charge >= 0.3 is 0 Å². The molecule has 0 saturated heterocycles. The lowest BCUT2D eigenvalue weighted by atomic mass is 10.1. The highest BCUT2D eigenvalue weighted by Crippen LogP contribution is 2.16. The van der Waals surface area contributed by atoms with E-state index < -0.39 is 5.82 Å². The van der Waals surface area contributed by atoms with Gasteiger partial charge < -0.3 is 4.74 Å². The molecule has 3 aromatic rings. The van der Waals surface area contributed by atoms with Gasteiger partial charge in [0.25, 0.3) is 0 Å². The van der Waals surface area contributed by atoms with Gasteiger partial charge in [0.15, 0.2) is 5.78 Å². The van der Waals surface area contributed by atoms with E-state index in [1.807, 2.05) is 54.6 Å². The van der Waals surface area contributed by atoms with Gasteiger partial charge in [-0.2, -0.15) is 0 Å². The van der Waals surface area contributed by atoms with E-state index in [1.165, 1.54) is 18.2 Å². The molecule has 3 heteroatoms. The molecule has 2 nitrogen and oxygen atoms in total. The van der Waals surface area contributed by atoms with Crippen LogP contribution in [0.3, 0.4) is 0 Å². The molecule has 0 aliphatic rings. The lowest BCUT2D eigenvalue weighted by Crippen LogP contribution is -1.97. The van der Waals surface area contributed by atoms with Crippen LogP contribution in [0.4, 0.5) is 4.39 Å². The van der Waals surface area contributed by atoms with Crippen LogP contribution in [0.2, 0.25) is 0 Å². The van der Waals surface area contributed by atoms with Crippen LogP contribution in [0, 0.1) is 5.82 Å². The number of hydrogen-bond acceptors (Lipinski definition) is 2. The normalized spacial score (nSPS) is 10.8. The van der Waals surface area contributed by atoms with Gasteiger partial charge in [-0.25, -0.2) is 4.39 Å². The second-order valence-corrected chi connectivity index (χ2v) is 5.52. The number of benzene rings is 3. The van der Waals surface area contributed by atoms with E-state index in [-0.39, 0.29) is 11.3 Å². The Labute approximate surface area is 146 Å². The SMILES string of the molecule is O=C(/C=C\c1ccc(OCc2ccccc2)cc1)c1ccccc1F. The van der Waals surface area contributed by atoms with Gasteiger partial charge in [0.05, 0.1) is 5.56 Å². The van der Waals surface area contributed by atoms with Gasteiger partial charge in [0.1, 0.15) is 18.2 Å². The Morgan fingerprint density at radius 2 is 1.56 bits per heavy atom. The maximum absolute atomic E-state index is 13.6. The van der Waals surface area contributed by atoms with Crippen LogP contribution in [-0.4, -0.2) is 5.78 Å². The molecule has 0 atom stereocenters. The van der Waals surface area contributed by atoms with Gasteiger partial charge in [0.2, 0.25) is 0 Å². The van der Waals surface area contributed by atoms with Gasteiger partial charge in [-0.3, -0.25) is 4.79 Å². The van der Waals surface area contributed by atoms with Gasteiger partial charge in [-0.05, 0) is 41.5 Å². The molecule has 0 amide bonds. The van der Waals surface area contributed by atoms with Crippen molar-refractivity contribution in [2.24, 2.45) is 0 Å². The largest absolute Gasteiger partial charge is 0.489 e. The molecule has 0 heterocycles. The molecule has 0 aromatic heterocycles. The Bertz CT molecular complexity index is 868. The summed E-state index contributed by atoms with van der Waals surface area (Å²) >= 11 is 0. The highest BCUT2D eigenvalue weighted by molar-refractivity contribution is 6.06. The quantitative estimate of drug-likeness (QED) is 0.452. The zero-order valence-electron chi connectivity index (χ0n) is 13.6. The molecule has 0 radical (unpaired) electrons. The Kier molecular flexibility index (Phi) is 5.37. The molecule has 0 aliphatic heterocycles. The molecule has 0 spiro atoms. The standard InChI is InChI=1S/C22H17FO2/c23-21-9-5-4-8-20(21)22(24)15-12-17-10-13-19(14-11-17)25-16-18-6-2-1-3-7-18/h1-15H,16H2/b15-12-. The van der Waals surface area contributed by atoms with Crippen LogP contribution in [0.1, 0.15) is 21.5 Å². The summed E-state index contributed by atoms with van der Waals surface area (Å²) in [5.41, 5.74) is 2.01. The number of carbonyl (C=O) groups is 1. The summed E-state index contributed by atoms with van der Waals surface area (Å²) in [6, 6.07) is 23.3. The van der Waals surface area contributed by atoms with Crippen LogP contribution < -0.4 is 4.74 Å². The second-order valence-electron chi connectivity index (χ2n) is 5.52. The number of hydrogen-bond donors (Lipinski definition) is 0. The average molecular weight is 332 g/mol. The first-order chi connectivity index (χ1) is 12.2. The van der Waals surface area contributed by atoms with Gasteiger partial charge in [-0.1, -0.05) is 60.7 Å². The van der Waals surface area contributed by atoms with Crippen LogP contribution in [0.25, 0.3) is 6.08 Å². The van der Waals surface area contributed by atoms with Crippen molar-refractivity contribution in [1.29, 1.82) is 0 Å². The number of halogens is 1. The molecular formula is C22H17FO2. The summed E-state index contributed by atoms with van der Waals surface area (Å²) in [5, 5.41) is 0. The molecule has 3 rings (SSSR count). The van der Waals surface area contributed by atoms with Gasteiger partial charge in [0, 0.05) is 0 Å². The number of allylic oxidation sites excluding steroid dienone is 1. The first-order valence-corrected chi connectivity index (χ1v) is 7.96. The number of carbonyl (C=O) groups excluding carboxylic acids is 1. The summed E-state index contributed by atoms with van der Waals surface area (Å²) < 4.78 is 19.3. The van der Waals surface area contributed by atoms with E-state index in [0.717, 1.165) is 16.9 Å². The fourth-order valence-corrected chi connectivity index (χ4v) is 2.34. The minimum absolute atomic E-state index is 0.0709. The van der Waals surface area contributed by atoms with Crippen molar-refractivity contribution in [1.82, 2.24) is 0 Å². The predicted octanol–water partition coefficient (Wildman–Crippen LogP) is 5.30. The zero-order valence-corrected chi connectivity index (χ0v) is 13.6. The molecular weight excluding hydrogens is 315 g/mol. The van der Waals surface area contributed by atoms with Crippen LogP contribution >= 0.6 is 0 Å². The van der Waals surface area contributed by atoms with Crippen LogP contribution in [0.5, 0.6) is 5.75 Å². The minimum atomic E-state index is -0.512. The summed E-state index contributed by atoms with van der Waals surface area (Å²) in [5.74, 6) is -0.120. The number of ether oxygens (including phenoxy) is 1. The number of ketones is 1. The summed E-state index contributed by atoms with van der Waals surface area (Å²) in [6.07, 6.45) is 3.04. The third-order valence-electron chi connectivity index (χ3n) is 3.69. The maximum Gasteiger partial charge on any atom is 0.188 e. The average Bonchev–Trinajstić information content (AvgIpc) is 2.66. The summed E-state index contributed by atoms with van der Waals surface area (Å²) in [4.78, 5) is 12.0. The van der Waals surface area contributed by atoms with Crippen molar-refractivity contribution in [3.8, 4) is 5.75 Å². The van der Waals surface area contributed by atoms with E-state index in [1.54, 1.807) is 18.2 Å². The van der Waals surface area contributed by atoms with Gasteiger partial charge in [-0.15, -0.1) is 0 Å². The molecule has 0 unspecified atom stereocenters. The van der Waals surface area contributed by atoms with Crippen molar-refractivity contribution < 1.29 is 13.9 Å². The smallest absolute Gasteiger partial charge is 0.188 e. The van der Waals surface area contributed by atoms with Crippen molar-refractivity contribution in [2.45, 2.75) is 6.61 Å². The van der Waals surface area contributed by atoms with Crippen molar-refractivity contribution in [2.75, 3.05) is 0 Å². The third-order valence-corrected chi connectivity index (χ3v) is 3.69. The monoisotopic (exact) mass is 332 g/mol. The fourth-order valence-electron chi connectivity index (χ4n) is 2.34. The highest BCUT2D eigenvalue weighted by atomic mass is 19.1. The first kappa shape index (κ1) is 16.7. The Hall–Kier alpha value is -3.20. The third kappa shape index (κ3) is 4.64. The van der Waals surface area contributed by atoms with E-state index in [4.69, 9.17) is 4.74 Å². The second kappa shape index (κ2) is 8.06. The number of rotatable bonds is 6. The molecule has 124 valence electrons. The zero-order chi connectivity index (χ0) is 17.5. The lowest BCUT2D eigenvalue weighted by molar-refractivity contribution is 0.104. The maximum atomic E-state index is 13.6. The first-order valence-electron chi connectivity index (χ1n) is 7.96. The fraction of sp³-hybridized carbons (Fsp3) is 0.0455. The van der Waals surface area contributed by atoms with Crippen LogP contribution in [0.15, 0.2) is 84.9 Å². The molecule has 25 heavy (non-hydrogen) atoms. The molecule has 3 aromatic carbocycles. The molecule has 0 fully saturated rings. The van der Waals surface area contributed by atoms with Crippen molar-refractivity contribution in [3.05, 3.63) is 107 Å². The van der Waals surface area contributed by atoms with E-state index in [2.05, 4.69) is 0 Å². The molecule has 0 bridgehead atoms. The Balaban J connectivity index is 1.60. The Morgan fingerprint density at radius 1 is 0.880 bits per heavy atom. The van der Waals surface area contributed by atoms with E-state index >= 15 is 0 Å². The van der Waals surface area contributed by atoms with Crippen LogP contribution in [-0.2, 0) is 6.61 Å². The molecule has 0 N–H and O–H groups in total. The Morgan fingerprint density at radius 3 is 2.28 bits per heavy atom.